The fourth-order valence-electron chi connectivity index (χ4n) is 3.41. The molecule has 0 atom stereocenters. The zero-order valence-electron chi connectivity index (χ0n) is 14.4. The molecule has 1 aliphatic rings. The molecule has 0 radical (unpaired) electrons. The van der Waals surface area contributed by atoms with Gasteiger partial charge in [-0.25, -0.2) is 0 Å². The molecular formula is C18H30N2O. The van der Waals surface area contributed by atoms with Crippen molar-refractivity contribution in [2.24, 2.45) is 0 Å². The normalized spacial score (nSPS) is 20.6. The van der Waals surface area contributed by atoms with Crippen LogP contribution in [-0.2, 0) is 11.3 Å². The van der Waals surface area contributed by atoms with Gasteiger partial charge in [0.1, 0.15) is 0 Å². The molecule has 1 aromatic carbocycles. The molecule has 0 saturated carbocycles. The van der Waals surface area contributed by atoms with Crippen LogP contribution in [0.1, 0.15) is 45.7 Å². The number of morpholine rings is 1. The predicted octanol–water partition coefficient (Wildman–Crippen LogP) is 3.50. The summed E-state index contributed by atoms with van der Waals surface area (Å²) in [6.07, 6.45) is 0. The second-order valence-corrected chi connectivity index (χ2v) is 7.38. The molecule has 0 amide bonds. The monoisotopic (exact) mass is 290 g/mol. The lowest BCUT2D eigenvalue weighted by Gasteiger charge is -2.48. The summed E-state index contributed by atoms with van der Waals surface area (Å²) in [6.45, 7) is 16.9. The molecule has 0 aromatic heterocycles. The Hall–Kier alpha value is -1.06. The molecule has 0 bridgehead atoms. The Kier molecular flexibility index (Phi) is 4.64. The van der Waals surface area contributed by atoms with E-state index in [1.54, 1.807) is 0 Å². The first-order valence-electron chi connectivity index (χ1n) is 7.98. The van der Waals surface area contributed by atoms with E-state index in [-0.39, 0.29) is 11.2 Å². The Morgan fingerprint density at radius 2 is 1.76 bits per heavy atom. The van der Waals surface area contributed by atoms with Crippen molar-refractivity contribution in [3.8, 4) is 0 Å². The standard InChI is InChI=1S/C18H30N2O/c1-7-19-11-15-8-9-16(14(2)10-15)20-12-17(3,4)21-18(5,6)13-20/h8-10,19H,7,11-13H2,1-6H3. The van der Waals surface area contributed by atoms with Crippen molar-refractivity contribution in [1.82, 2.24) is 5.32 Å². The number of hydrogen-bond acceptors (Lipinski definition) is 3. The lowest BCUT2D eigenvalue weighted by Crippen LogP contribution is -2.57. The Morgan fingerprint density at radius 3 is 2.29 bits per heavy atom. The third-order valence-corrected chi connectivity index (χ3v) is 3.88. The Morgan fingerprint density at radius 1 is 1.14 bits per heavy atom. The number of anilines is 1. The molecule has 1 N–H and O–H groups in total. The predicted molar refractivity (Wildman–Crippen MR) is 90.0 cm³/mol. The minimum absolute atomic E-state index is 0.114. The average Bonchev–Trinajstić information content (AvgIpc) is 2.32. The van der Waals surface area contributed by atoms with E-state index in [1.807, 2.05) is 0 Å². The maximum atomic E-state index is 6.18. The van der Waals surface area contributed by atoms with Gasteiger partial charge in [0.15, 0.2) is 0 Å². The van der Waals surface area contributed by atoms with Crippen molar-refractivity contribution in [2.45, 2.75) is 59.3 Å². The molecule has 21 heavy (non-hydrogen) atoms. The SMILES string of the molecule is CCNCc1ccc(N2CC(C)(C)OC(C)(C)C2)c(C)c1. The van der Waals surface area contributed by atoms with E-state index in [4.69, 9.17) is 4.74 Å². The summed E-state index contributed by atoms with van der Waals surface area (Å²) in [5, 5.41) is 3.38. The Bertz CT molecular complexity index is 478. The number of rotatable bonds is 4. The molecule has 3 heteroatoms. The van der Waals surface area contributed by atoms with Crippen molar-refractivity contribution in [3.05, 3.63) is 29.3 Å². The largest absolute Gasteiger partial charge is 0.366 e. The van der Waals surface area contributed by atoms with Crippen molar-refractivity contribution in [1.29, 1.82) is 0 Å². The van der Waals surface area contributed by atoms with Gasteiger partial charge in [0, 0.05) is 25.3 Å². The summed E-state index contributed by atoms with van der Waals surface area (Å²) in [7, 11) is 0. The van der Waals surface area contributed by atoms with Gasteiger partial charge in [-0.15, -0.1) is 0 Å². The van der Waals surface area contributed by atoms with Gasteiger partial charge in [-0.3, -0.25) is 0 Å². The molecule has 0 spiro atoms. The first-order valence-corrected chi connectivity index (χ1v) is 7.98. The molecule has 1 fully saturated rings. The number of nitrogens with zero attached hydrogens (tertiary/aromatic N) is 1. The maximum Gasteiger partial charge on any atom is 0.0808 e. The lowest BCUT2D eigenvalue weighted by atomic mass is 9.97. The van der Waals surface area contributed by atoms with Crippen LogP contribution in [0.4, 0.5) is 5.69 Å². The molecule has 0 unspecified atom stereocenters. The zero-order valence-corrected chi connectivity index (χ0v) is 14.4. The summed E-state index contributed by atoms with van der Waals surface area (Å²) < 4.78 is 6.18. The van der Waals surface area contributed by atoms with Crippen LogP contribution >= 0.6 is 0 Å². The summed E-state index contributed by atoms with van der Waals surface area (Å²) in [6, 6.07) is 6.80. The van der Waals surface area contributed by atoms with Crippen LogP contribution in [0.5, 0.6) is 0 Å². The van der Waals surface area contributed by atoms with Gasteiger partial charge >= 0.3 is 0 Å². The van der Waals surface area contributed by atoms with Crippen LogP contribution in [0.3, 0.4) is 0 Å². The van der Waals surface area contributed by atoms with Gasteiger partial charge in [0.2, 0.25) is 0 Å². The van der Waals surface area contributed by atoms with Gasteiger partial charge in [0.05, 0.1) is 11.2 Å². The highest BCUT2D eigenvalue weighted by atomic mass is 16.5. The lowest BCUT2D eigenvalue weighted by molar-refractivity contribution is -0.133. The van der Waals surface area contributed by atoms with E-state index < -0.39 is 0 Å². The second kappa shape index (κ2) is 5.98. The van der Waals surface area contributed by atoms with E-state index >= 15 is 0 Å². The van der Waals surface area contributed by atoms with Crippen molar-refractivity contribution >= 4 is 5.69 Å². The van der Waals surface area contributed by atoms with Gasteiger partial charge in [0.25, 0.3) is 0 Å². The van der Waals surface area contributed by atoms with Crippen LogP contribution in [-0.4, -0.2) is 30.8 Å². The molecular weight excluding hydrogens is 260 g/mol. The number of aryl methyl sites for hydroxylation is 1. The van der Waals surface area contributed by atoms with Gasteiger partial charge < -0.3 is 15.0 Å². The fraction of sp³-hybridized carbons (Fsp3) is 0.667. The highest BCUT2D eigenvalue weighted by Crippen LogP contribution is 2.33. The minimum atomic E-state index is -0.114. The van der Waals surface area contributed by atoms with E-state index in [1.165, 1.54) is 16.8 Å². The molecule has 118 valence electrons. The smallest absolute Gasteiger partial charge is 0.0808 e. The summed E-state index contributed by atoms with van der Waals surface area (Å²) in [4.78, 5) is 2.47. The van der Waals surface area contributed by atoms with Crippen LogP contribution < -0.4 is 10.2 Å². The molecule has 0 aliphatic carbocycles. The quantitative estimate of drug-likeness (QED) is 0.918. The molecule has 1 aromatic rings. The third kappa shape index (κ3) is 4.21. The minimum Gasteiger partial charge on any atom is -0.366 e. The first-order chi connectivity index (χ1) is 9.72. The Labute approximate surface area is 129 Å². The molecule has 2 rings (SSSR count). The second-order valence-electron chi connectivity index (χ2n) is 7.38. The van der Waals surface area contributed by atoms with E-state index in [9.17, 15) is 0 Å². The highest BCUT2D eigenvalue weighted by molar-refractivity contribution is 5.55. The number of ether oxygens (including phenoxy) is 1. The molecule has 1 heterocycles. The third-order valence-electron chi connectivity index (χ3n) is 3.88. The number of benzene rings is 1. The summed E-state index contributed by atoms with van der Waals surface area (Å²) >= 11 is 0. The van der Waals surface area contributed by atoms with Gasteiger partial charge in [-0.05, 0) is 58.4 Å². The van der Waals surface area contributed by atoms with Crippen LogP contribution in [0.15, 0.2) is 18.2 Å². The van der Waals surface area contributed by atoms with E-state index in [2.05, 4.69) is 70.0 Å². The Balaban J connectivity index is 2.21. The van der Waals surface area contributed by atoms with E-state index in [0.29, 0.717) is 0 Å². The fourth-order valence-corrected chi connectivity index (χ4v) is 3.41. The molecule has 1 saturated heterocycles. The number of hydrogen-bond donors (Lipinski definition) is 1. The topological polar surface area (TPSA) is 24.5 Å². The van der Waals surface area contributed by atoms with Crippen molar-refractivity contribution in [3.63, 3.8) is 0 Å². The van der Waals surface area contributed by atoms with Crippen LogP contribution in [0.2, 0.25) is 0 Å². The summed E-state index contributed by atoms with van der Waals surface area (Å²) in [5.41, 5.74) is 3.80. The molecule has 3 nitrogen and oxygen atoms in total. The van der Waals surface area contributed by atoms with Crippen molar-refractivity contribution < 1.29 is 4.74 Å². The zero-order chi connectivity index (χ0) is 15.7. The van der Waals surface area contributed by atoms with Crippen LogP contribution in [0.25, 0.3) is 0 Å². The van der Waals surface area contributed by atoms with Gasteiger partial charge in [-0.2, -0.15) is 0 Å². The highest BCUT2D eigenvalue weighted by Gasteiger charge is 2.38. The van der Waals surface area contributed by atoms with E-state index in [0.717, 1.165) is 26.2 Å². The molecule has 1 aliphatic heterocycles. The van der Waals surface area contributed by atoms with Crippen LogP contribution in [0, 0.1) is 6.92 Å². The summed E-state index contributed by atoms with van der Waals surface area (Å²) in [5.74, 6) is 0. The average molecular weight is 290 g/mol. The number of nitrogens with one attached hydrogen (secondary N) is 1. The maximum absolute atomic E-state index is 6.18. The first kappa shape index (κ1) is 16.3. The van der Waals surface area contributed by atoms with Crippen molar-refractivity contribution in [2.75, 3.05) is 24.5 Å². The van der Waals surface area contributed by atoms with Gasteiger partial charge in [-0.1, -0.05) is 19.1 Å².